The molecule has 0 spiro atoms. The highest BCUT2D eigenvalue weighted by Crippen LogP contribution is 2.19. The first kappa shape index (κ1) is 9.08. The van der Waals surface area contributed by atoms with Crippen LogP contribution in [-0.2, 0) is 0 Å². The molecule has 4 nitrogen and oxygen atoms in total. The molecule has 2 rings (SSSR count). The maximum Gasteiger partial charge on any atom is 0.282 e. The van der Waals surface area contributed by atoms with E-state index >= 15 is 0 Å². The van der Waals surface area contributed by atoms with Crippen molar-refractivity contribution in [2.24, 2.45) is 0 Å². The van der Waals surface area contributed by atoms with Crippen LogP contribution >= 0.6 is 11.3 Å². The van der Waals surface area contributed by atoms with Gasteiger partial charge in [-0.05, 0) is 12.1 Å². The molecule has 72 valence electrons. The number of nitrogens with zero attached hydrogens (tertiary/aromatic N) is 3. The summed E-state index contributed by atoms with van der Waals surface area (Å²) >= 11 is 1.41. The Labute approximate surface area is 84.9 Å². The molecule has 5 heteroatoms. The molecule has 2 heterocycles. The summed E-state index contributed by atoms with van der Waals surface area (Å²) in [7, 11) is 3.71. The number of fused-ring (bicyclic) bond motifs is 1. The predicted octanol–water partition coefficient (Wildman–Crippen LogP) is 1.12. The first-order valence-electron chi connectivity index (χ1n) is 4.11. The zero-order valence-electron chi connectivity index (χ0n) is 7.89. The van der Waals surface area contributed by atoms with Crippen LogP contribution in [0.25, 0.3) is 10.2 Å². The summed E-state index contributed by atoms with van der Waals surface area (Å²) in [6.45, 7) is 0. The summed E-state index contributed by atoms with van der Waals surface area (Å²) in [6.07, 6.45) is 1.68. The molecule has 0 saturated heterocycles. The molecule has 0 radical (unpaired) electrons. The van der Waals surface area contributed by atoms with Gasteiger partial charge in [0.2, 0.25) is 0 Å². The molecule has 0 aromatic carbocycles. The molecule has 0 bridgehead atoms. The fraction of sp³-hybridized carbons (Fsp3) is 0.222. The molecule has 0 amide bonds. The second kappa shape index (κ2) is 3.34. The van der Waals surface area contributed by atoms with E-state index in [4.69, 9.17) is 0 Å². The van der Waals surface area contributed by atoms with E-state index in [0.717, 1.165) is 4.83 Å². The third kappa shape index (κ3) is 1.46. The van der Waals surface area contributed by atoms with Crippen molar-refractivity contribution < 1.29 is 0 Å². The Morgan fingerprint density at radius 1 is 1.43 bits per heavy atom. The van der Waals surface area contributed by atoms with E-state index in [1.807, 2.05) is 14.1 Å². The number of anilines is 1. The van der Waals surface area contributed by atoms with Crippen molar-refractivity contribution in [2.75, 3.05) is 19.0 Å². The third-order valence-electron chi connectivity index (χ3n) is 1.77. The zero-order chi connectivity index (χ0) is 10.1. The van der Waals surface area contributed by atoms with Crippen LogP contribution in [0.4, 0.5) is 5.13 Å². The standard InChI is InChI=1S/C9H9N3OS/c1-12(2)9-11-7(13)6-4-3-5-10-8(6)14-9/h3-5H,1-2H3. The highest BCUT2D eigenvalue weighted by Gasteiger charge is 2.05. The third-order valence-corrected chi connectivity index (χ3v) is 2.93. The van der Waals surface area contributed by atoms with E-state index in [1.165, 1.54) is 11.3 Å². The van der Waals surface area contributed by atoms with Gasteiger partial charge in [-0.3, -0.25) is 4.79 Å². The Morgan fingerprint density at radius 2 is 2.21 bits per heavy atom. The summed E-state index contributed by atoms with van der Waals surface area (Å²) < 4.78 is 0. The van der Waals surface area contributed by atoms with Crippen LogP contribution in [0.2, 0.25) is 0 Å². The van der Waals surface area contributed by atoms with Crippen molar-refractivity contribution in [1.29, 1.82) is 0 Å². The van der Waals surface area contributed by atoms with Gasteiger partial charge in [0.1, 0.15) is 4.83 Å². The van der Waals surface area contributed by atoms with Crippen molar-refractivity contribution in [1.82, 2.24) is 9.97 Å². The lowest BCUT2D eigenvalue weighted by molar-refractivity contribution is 1.09. The maximum atomic E-state index is 11.5. The summed E-state index contributed by atoms with van der Waals surface area (Å²) in [5.41, 5.74) is -0.212. The topological polar surface area (TPSA) is 46.1 Å². The van der Waals surface area contributed by atoms with Gasteiger partial charge in [0.25, 0.3) is 5.56 Å². The highest BCUT2D eigenvalue weighted by atomic mass is 32.1. The van der Waals surface area contributed by atoms with Crippen LogP contribution in [-0.4, -0.2) is 24.1 Å². The van der Waals surface area contributed by atoms with Crippen LogP contribution in [0, 0.1) is 0 Å². The van der Waals surface area contributed by atoms with E-state index in [2.05, 4.69) is 9.97 Å². The van der Waals surface area contributed by atoms with Gasteiger partial charge < -0.3 is 4.90 Å². The SMILES string of the molecule is CN(C)c1nc(=O)c2cccnc2s1. The molecule has 0 aliphatic rings. The highest BCUT2D eigenvalue weighted by molar-refractivity contribution is 7.21. The van der Waals surface area contributed by atoms with Crippen molar-refractivity contribution >= 4 is 26.7 Å². The van der Waals surface area contributed by atoms with E-state index < -0.39 is 0 Å². The van der Waals surface area contributed by atoms with Gasteiger partial charge in [-0.2, -0.15) is 4.98 Å². The first-order valence-corrected chi connectivity index (χ1v) is 4.93. The van der Waals surface area contributed by atoms with Crippen LogP contribution in [0.15, 0.2) is 23.1 Å². The normalized spacial score (nSPS) is 10.4. The van der Waals surface area contributed by atoms with Gasteiger partial charge in [-0.15, -0.1) is 0 Å². The van der Waals surface area contributed by atoms with Crippen molar-refractivity contribution in [3.05, 3.63) is 28.7 Å². The van der Waals surface area contributed by atoms with Gasteiger partial charge >= 0.3 is 0 Å². The molecular weight excluding hydrogens is 198 g/mol. The molecule has 0 saturated carbocycles. The molecule has 0 fully saturated rings. The lowest BCUT2D eigenvalue weighted by Crippen LogP contribution is -2.15. The lowest BCUT2D eigenvalue weighted by atomic mass is 10.4. The minimum absolute atomic E-state index is 0.212. The summed E-state index contributed by atoms with van der Waals surface area (Å²) in [5.74, 6) is 0. The monoisotopic (exact) mass is 207 g/mol. The maximum absolute atomic E-state index is 11.5. The molecule has 14 heavy (non-hydrogen) atoms. The average molecular weight is 207 g/mol. The number of hydrogen-bond acceptors (Lipinski definition) is 5. The first-order chi connectivity index (χ1) is 6.68. The van der Waals surface area contributed by atoms with Crippen LogP contribution < -0.4 is 10.5 Å². The Bertz CT molecular complexity index is 521. The van der Waals surface area contributed by atoms with E-state index in [0.29, 0.717) is 10.5 Å². The minimum Gasteiger partial charge on any atom is -0.354 e. The molecule has 0 unspecified atom stereocenters. The van der Waals surface area contributed by atoms with Crippen LogP contribution in [0.5, 0.6) is 0 Å². The second-order valence-corrected chi connectivity index (χ2v) is 4.01. The Balaban J connectivity index is 2.79. The fourth-order valence-electron chi connectivity index (χ4n) is 1.08. The van der Waals surface area contributed by atoms with E-state index in [9.17, 15) is 4.79 Å². The smallest absolute Gasteiger partial charge is 0.282 e. The molecular formula is C9H9N3OS. The number of aromatic nitrogens is 2. The average Bonchev–Trinajstić information content (AvgIpc) is 2.17. The summed E-state index contributed by atoms with van der Waals surface area (Å²) in [4.78, 5) is 22.2. The number of pyridine rings is 1. The van der Waals surface area contributed by atoms with E-state index in [-0.39, 0.29) is 5.56 Å². The number of rotatable bonds is 1. The van der Waals surface area contributed by atoms with Crippen molar-refractivity contribution in [3.63, 3.8) is 0 Å². The van der Waals surface area contributed by atoms with Gasteiger partial charge in [-0.25, -0.2) is 4.98 Å². The zero-order valence-corrected chi connectivity index (χ0v) is 8.71. The second-order valence-electron chi connectivity index (χ2n) is 3.05. The summed E-state index contributed by atoms with van der Waals surface area (Å²) in [5, 5.41) is 1.27. The molecule has 2 aromatic heterocycles. The Kier molecular flexibility index (Phi) is 2.17. The Hall–Kier alpha value is -1.49. The van der Waals surface area contributed by atoms with Gasteiger partial charge in [0.05, 0.1) is 5.39 Å². The predicted molar refractivity (Wildman–Crippen MR) is 58.0 cm³/mol. The summed E-state index contributed by atoms with van der Waals surface area (Å²) in [6, 6.07) is 3.49. The lowest BCUT2D eigenvalue weighted by Gasteiger charge is -2.08. The molecule has 2 aromatic rings. The van der Waals surface area contributed by atoms with Gasteiger partial charge in [0, 0.05) is 20.3 Å². The van der Waals surface area contributed by atoms with Crippen LogP contribution in [0.1, 0.15) is 0 Å². The molecule has 0 aliphatic carbocycles. The molecule has 0 N–H and O–H groups in total. The molecule has 0 aliphatic heterocycles. The van der Waals surface area contributed by atoms with E-state index in [1.54, 1.807) is 23.2 Å². The van der Waals surface area contributed by atoms with Crippen molar-refractivity contribution in [2.45, 2.75) is 0 Å². The van der Waals surface area contributed by atoms with Crippen LogP contribution in [0.3, 0.4) is 0 Å². The quantitative estimate of drug-likeness (QED) is 0.703. The van der Waals surface area contributed by atoms with Gasteiger partial charge in [0.15, 0.2) is 5.13 Å². The number of hydrogen-bond donors (Lipinski definition) is 0. The Morgan fingerprint density at radius 3 is 2.93 bits per heavy atom. The minimum atomic E-state index is -0.212. The largest absolute Gasteiger partial charge is 0.354 e. The fourth-order valence-corrected chi connectivity index (χ4v) is 1.95. The van der Waals surface area contributed by atoms with Gasteiger partial charge in [-0.1, -0.05) is 11.3 Å². The van der Waals surface area contributed by atoms with Crippen molar-refractivity contribution in [3.8, 4) is 0 Å². The molecule has 0 atom stereocenters.